The number of aliphatic carboxylic acids is 1. The van der Waals surface area contributed by atoms with E-state index in [0.29, 0.717) is 23.1 Å². The van der Waals surface area contributed by atoms with Gasteiger partial charge in [-0.15, -0.1) is 11.3 Å². The Morgan fingerprint density at radius 1 is 1.23 bits per heavy atom. The molecule has 4 rings (SSSR count). The quantitative estimate of drug-likeness (QED) is 0.573. The van der Waals surface area contributed by atoms with Crippen LogP contribution in [0.4, 0.5) is 13.2 Å². The fourth-order valence-corrected chi connectivity index (χ4v) is 6.43. The number of carboxylic acids is 1. The van der Waals surface area contributed by atoms with Crippen molar-refractivity contribution in [3.63, 3.8) is 0 Å². The Balaban J connectivity index is 1.62. The Bertz CT molecular complexity index is 1240. The first kappa shape index (κ1) is 21.5. The molecule has 31 heavy (non-hydrogen) atoms. The van der Waals surface area contributed by atoms with Crippen molar-refractivity contribution in [1.82, 2.24) is 14.5 Å². The van der Waals surface area contributed by atoms with E-state index < -0.39 is 45.1 Å². The number of rotatable bonds is 6. The lowest BCUT2D eigenvalue weighted by Crippen LogP contribution is -2.45. The molecule has 0 aliphatic heterocycles. The van der Waals surface area contributed by atoms with Gasteiger partial charge in [0.05, 0.1) is 11.8 Å². The van der Waals surface area contributed by atoms with E-state index in [0.717, 1.165) is 10.9 Å². The second-order valence-electron chi connectivity index (χ2n) is 7.22. The molecule has 1 aliphatic rings. The summed E-state index contributed by atoms with van der Waals surface area (Å²) in [5.41, 5.74) is -1.98. The number of benzene rings is 1. The number of thiophene rings is 1. The van der Waals surface area contributed by atoms with Crippen LogP contribution < -0.4 is 4.72 Å². The highest BCUT2D eigenvalue weighted by Gasteiger charge is 2.70. The molecule has 0 bridgehead atoms. The van der Waals surface area contributed by atoms with Crippen LogP contribution in [0.25, 0.3) is 5.00 Å². The number of aromatic nitrogens is 2. The van der Waals surface area contributed by atoms with Gasteiger partial charge in [-0.05, 0) is 23.6 Å². The SMILES string of the molecule is CC1[C@@H](c2ccccc2)[C@]1(NS(=O)(=O)c1ccc(-n2cc(C(F)(F)F)cn2)s1)C(=O)O. The topological polar surface area (TPSA) is 101 Å². The molecule has 1 fully saturated rings. The van der Waals surface area contributed by atoms with E-state index in [4.69, 9.17) is 0 Å². The van der Waals surface area contributed by atoms with Crippen LogP contribution in [0.2, 0.25) is 0 Å². The van der Waals surface area contributed by atoms with Gasteiger partial charge in [0.2, 0.25) is 0 Å². The largest absolute Gasteiger partial charge is 0.480 e. The Labute approximate surface area is 179 Å². The van der Waals surface area contributed by atoms with Crippen molar-refractivity contribution in [3.05, 3.63) is 66.0 Å². The van der Waals surface area contributed by atoms with Crippen LogP contribution in [0.5, 0.6) is 0 Å². The zero-order valence-corrected chi connectivity index (χ0v) is 17.5. The zero-order chi connectivity index (χ0) is 22.6. The molecule has 3 atom stereocenters. The van der Waals surface area contributed by atoms with Crippen LogP contribution in [0, 0.1) is 5.92 Å². The number of sulfonamides is 1. The first-order chi connectivity index (χ1) is 14.5. The average Bonchev–Trinajstić information content (AvgIpc) is 3.13. The van der Waals surface area contributed by atoms with Crippen molar-refractivity contribution >= 4 is 27.3 Å². The number of halogens is 3. The third kappa shape index (κ3) is 3.64. The van der Waals surface area contributed by atoms with Crippen LogP contribution in [-0.4, -0.2) is 34.8 Å². The Morgan fingerprint density at radius 2 is 1.90 bits per heavy atom. The smallest absolute Gasteiger partial charge is 0.419 e. The molecular weight excluding hydrogens is 455 g/mol. The van der Waals surface area contributed by atoms with Crippen molar-refractivity contribution < 1.29 is 31.5 Å². The van der Waals surface area contributed by atoms with E-state index in [2.05, 4.69) is 9.82 Å². The van der Waals surface area contributed by atoms with Gasteiger partial charge in [-0.1, -0.05) is 37.3 Å². The van der Waals surface area contributed by atoms with Gasteiger partial charge >= 0.3 is 12.1 Å². The normalized spacial score (nSPS) is 23.6. The summed E-state index contributed by atoms with van der Waals surface area (Å²) in [5.74, 6) is -2.35. The van der Waals surface area contributed by atoms with Crippen LogP contribution in [0.3, 0.4) is 0 Å². The Kier molecular flexibility index (Phi) is 4.98. The zero-order valence-electron chi connectivity index (χ0n) is 15.9. The lowest BCUT2D eigenvalue weighted by molar-refractivity contribution is -0.140. The molecule has 0 radical (unpaired) electrons. The summed E-state index contributed by atoms with van der Waals surface area (Å²) in [6.07, 6.45) is -3.18. The molecule has 2 N–H and O–H groups in total. The van der Waals surface area contributed by atoms with Crippen molar-refractivity contribution in [2.24, 2.45) is 5.92 Å². The molecule has 3 aromatic rings. The van der Waals surface area contributed by atoms with E-state index in [1.54, 1.807) is 37.3 Å². The highest BCUT2D eigenvalue weighted by Crippen LogP contribution is 2.58. The van der Waals surface area contributed by atoms with E-state index in [-0.39, 0.29) is 9.21 Å². The molecule has 1 aliphatic carbocycles. The van der Waals surface area contributed by atoms with Gasteiger partial charge < -0.3 is 5.11 Å². The van der Waals surface area contributed by atoms with E-state index in [1.165, 1.54) is 12.1 Å². The van der Waals surface area contributed by atoms with Gasteiger partial charge in [-0.25, -0.2) is 13.1 Å². The molecule has 2 aromatic heterocycles. The minimum absolute atomic E-state index is 0.142. The number of nitrogens with zero attached hydrogens (tertiary/aromatic N) is 2. The highest BCUT2D eigenvalue weighted by atomic mass is 32.2. The van der Waals surface area contributed by atoms with Gasteiger partial charge in [0, 0.05) is 12.1 Å². The predicted octanol–water partition coefficient (Wildman–Crippen LogP) is 3.49. The summed E-state index contributed by atoms with van der Waals surface area (Å²) in [4.78, 5) is 12.1. The molecule has 1 unspecified atom stereocenters. The van der Waals surface area contributed by atoms with Crippen LogP contribution in [0.15, 0.2) is 59.1 Å². The van der Waals surface area contributed by atoms with Crippen LogP contribution in [-0.2, 0) is 21.0 Å². The monoisotopic (exact) mass is 471 g/mol. The number of carbonyl (C=O) groups is 1. The lowest BCUT2D eigenvalue weighted by atomic mass is 10.1. The standard InChI is InChI=1S/C19H16F3N3O4S2/c1-11-16(12-5-3-2-4-6-12)18(11,17(26)27)24-31(28,29)15-8-7-14(30-15)25-10-13(9-23-25)19(20,21)22/h2-11,16,24H,1H3,(H,26,27)/t11?,16-,18-/m0/s1. The molecular formula is C19H16F3N3O4S2. The molecule has 0 spiro atoms. The molecule has 7 nitrogen and oxygen atoms in total. The molecule has 1 aromatic carbocycles. The first-order valence-corrected chi connectivity index (χ1v) is 11.3. The summed E-state index contributed by atoms with van der Waals surface area (Å²) in [6, 6.07) is 11.2. The third-order valence-electron chi connectivity index (χ3n) is 5.38. The molecule has 2 heterocycles. The van der Waals surface area contributed by atoms with Crippen molar-refractivity contribution in [2.45, 2.75) is 28.8 Å². The second kappa shape index (κ2) is 7.18. The summed E-state index contributed by atoms with van der Waals surface area (Å²) < 4.78 is 67.3. The number of hydrogen-bond acceptors (Lipinski definition) is 5. The summed E-state index contributed by atoms with van der Waals surface area (Å²) in [6.45, 7) is 1.65. The Hall–Kier alpha value is -2.70. The van der Waals surface area contributed by atoms with Gasteiger partial charge in [0.1, 0.15) is 14.7 Å². The summed E-state index contributed by atoms with van der Waals surface area (Å²) in [5, 5.41) is 13.6. The number of alkyl halides is 3. The third-order valence-corrected chi connectivity index (χ3v) is 8.43. The molecule has 12 heteroatoms. The Morgan fingerprint density at radius 3 is 2.48 bits per heavy atom. The van der Waals surface area contributed by atoms with Gasteiger partial charge in [-0.2, -0.15) is 23.0 Å². The summed E-state index contributed by atoms with van der Waals surface area (Å²) >= 11 is 0.685. The summed E-state index contributed by atoms with van der Waals surface area (Å²) in [7, 11) is -4.26. The van der Waals surface area contributed by atoms with Crippen molar-refractivity contribution in [2.75, 3.05) is 0 Å². The maximum Gasteiger partial charge on any atom is 0.419 e. The minimum atomic E-state index is -4.57. The average molecular weight is 471 g/mol. The van der Waals surface area contributed by atoms with E-state index >= 15 is 0 Å². The van der Waals surface area contributed by atoms with Gasteiger partial charge in [-0.3, -0.25) is 4.79 Å². The molecule has 1 saturated carbocycles. The molecule has 0 amide bonds. The molecule has 164 valence electrons. The number of hydrogen-bond donors (Lipinski definition) is 2. The van der Waals surface area contributed by atoms with E-state index in [9.17, 15) is 31.5 Å². The van der Waals surface area contributed by atoms with Gasteiger partial charge in [0.15, 0.2) is 0 Å². The predicted molar refractivity (Wildman–Crippen MR) is 105 cm³/mol. The van der Waals surface area contributed by atoms with E-state index in [1.807, 2.05) is 0 Å². The second-order valence-corrected chi connectivity index (χ2v) is 10.2. The minimum Gasteiger partial charge on any atom is -0.480 e. The van der Waals surface area contributed by atoms with Crippen LogP contribution >= 0.6 is 11.3 Å². The van der Waals surface area contributed by atoms with Crippen molar-refractivity contribution in [3.8, 4) is 5.00 Å². The maximum absolute atomic E-state index is 13.0. The first-order valence-electron chi connectivity index (χ1n) is 9.01. The van der Waals surface area contributed by atoms with Crippen molar-refractivity contribution in [1.29, 1.82) is 0 Å². The van der Waals surface area contributed by atoms with Crippen LogP contribution in [0.1, 0.15) is 24.0 Å². The fraction of sp³-hybridized carbons (Fsp3) is 0.263. The highest BCUT2D eigenvalue weighted by molar-refractivity contribution is 7.91. The lowest BCUT2D eigenvalue weighted by Gasteiger charge is -2.15. The number of nitrogens with one attached hydrogen (secondary N) is 1. The van der Waals surface area contributed by atoms with Gasteiger partial charge in [0.25, 0.3) is 10.0 Å². The molecule has 0 saturated heterocycles. The maximum atomic E-state index is 13.0. The fourth-order valence-electron chi connectivity index (χ4n) is 3.74. The number of carboxylic acid groups (broad SMARTS) is 1.